The summed E-state index contributed by atoms with van der Waals surface area (Å²) in [5, 5.41) is 2.59. The van der Waals surface area contributed by atoms with Crippen molar-refractivity contribution in [2.45, 2.75) is 0 Å². The van der Waals surface area contributed by atoms with Crippen molar-refractivity contribution in [3.8, 4) is 16.8 Å². The quantitative estimate of drug-likeness (QED) is 0.208. The Morgan fingerprint density at radius 1 is 0.630 bits per heavy atom. The van der Waals surface area contributed by atoms with Crippen LogP contribution < -0.4 is 0 Å². The number of aromatic nitrogens is 1. The molecule has 0 saturated heterocycles. The van der Waals surface area contributed by atoms with Crippen LogP contribution in [0.2, 0.25) is 0 Å². The van der Waals surface area contributed by atoms with Gasteiger partial charge in [0.05, 0.1) is 11.0 Å². The zero-order chi connectivity index (χ0) is 18.4. The lowest BCUT2D eigenvalue weighted by Gasteiger charge is -2.09. The molecule has 130 valence electrons. The minimum atomic E-state index is 1.10. The monoisotopic (exact) mass is 523 g/mol. The Labute approximate surface area is 179 Å². The Bertz CT molecular complexity index is 1270. The van der Waals surface area contributed by atoms with Gasteiger partial charge in [-0.1, -0.05) is 58.4 Å². The molecule has 0 saturated carbocycles. The minimum Gasteiger partial charge on any atom is -0.309 e. The van der Waals surface area contributed by atoms with Gasteiger partial charge < -0.3 is 4.57 Å². The van der Waals surface area contributed by atoms with Crippen molar-refractivity contribution < 1.29 is 0 Å². The maximum absolute atomic E-state index is 3.50. The van der Waals surface area contributed by atoms with Crippen molar-refractivity contribution in [2.75, 3.05) is 0 Å². The number of benzene rings is 4. The largest absolute Gasteiger partial charge is 0.309 e. The van der Waals surface area contributed by atoms with E-state index in [-0.39, 0.29) is 0 Å². The second-order valence-corrected chi connectivity index (χ2v) is 8.73. The van der Waals surface area contributed by atoms with Crippen LogP contribution in [-0.2, 0) is 0 Å². The summed E-state index contributed by atoms with van der Waals surface area (Å²) in [5.41, 5.74) is 6.12. The van der Waals surface area contributed by atoms with E-state index < -0.39 is 0 Å². The topological polar surface area (TPSA) is 4.93 Å². The third kappa shape index (κ3) is 2.99. The van der Waals surface area contributed by atoms with E-state index in [4.69, 9.17) is 0 Å². The van der Waals surface area contributed by atoms with Crippen LogP contribution in [0.5, 0.6) is 0 Å². The molecule has 5 rings (SSSR count). The number of para-hydroxylation sites is 1. The molecular formula is C24H15BrIN. The summed E-state index contributed by atoms with van der Waals surface area (Å²) in [4.78, 5) is 0. The molecule has 1 heterocycles. The second kappa shape index (κ2) is 6.80. The van der Waals surface area contributed by atoms with Crippen molar-refractivity contribution in [1.29, 1.82) is 0 Å². The Balaban J connectivity index is 1.70. The molecule has 0 aliphatic rings. The molecule has 0 bridgehead atoms. The molecule has 0 radical (unpaired) electrons. The van der Waals surface area contributed by atoms with E-state index in [2.05, 4.69) is 134 Å². The lowest BCUT2D eigenvalue weighted by molar-refractivity contribution is 1.18. The fourth-order valence-electron chi connectivity index (χ4n) is 3.67. The van der Waals surface area contributed by atoms with Crippen LogP contribution in [-0.4, -0.2) is 4.57 Å². The van der Waals surface area contributed by atoms with Gasteiger partial charge in [0.2, 0.25) is 0 Å². The number of hydrogen-bond acceptors (Lipinski definition) is 0. The summed E-state index contributed by atoms with van der Waals surface area (Å²) < 4.78 is 4.71. The van der Waals surface area contributed by atoms with Crippen LogP contribution in [0, 0.1) is 3.57 Å². The highest BCUT2D eigenvalue weighted by Gasteiger charge is 2.12. The smallest absolute Gasteiger partial charge is 0.0541 e. The van der Waals surface area contributed by atoms with E-state index in [1.54, 1.807) is 0 Å². The van der Waals surface area contributed by atoms with Crippen molar-refractivity contribution in [2.24, 2.45) is 0 Å². The fourth-order valence-corrected chi connectivity index (χ4v) is 4.42. The lowest BCUT2D eigenvalue weighted by Crippen LogP contribution is -1.93. The molecule has 3 heteroatoms. The first-order valence-corrected chi connectivity index (χ1v) is 10.6. The van der Waals surface area contributed by atoms with Crippen molar-refractivity contribution in [3.05, 3.63) is 99.0 Å². The summed E-state index contributed by atoms with van der Waals surface area (Å²) in [5.74, 6) is 0. The van der Waals surface area contributed by atoms with Crippen LogP contribution in [0.1, 0.15) is 0 Å². The Morgan fingerprint density at radius 3 is 2.00 bits per heavy atom. The number of nitrogens with zero attached hydrogens (tertiary/aromatic N) is 1. The van der Waals surface area contributed by atoms with Gasteiger partial charge in [0, 0.05) is 24.5 Å². The van der Waals surface area contributed by atoms with E-state index in [1.165, 1.54) is 42.2 Å². The van der Waals surface area contributed by atoms with Gasteiger partial charge in [-0.3, -0.25) is 0 Å². The number of halogens is 2. The summed E-state index contributed by atoms with van der Waals surface area (Å²) >= 11 is 5.89. The molecule has 0 aliphatic heterocycles. The average Bonchev–Trinajstić information content (AvgIpc) is 3.02. The van der Waals surface area contributed by atoms with Gasteiger partial charge in [0.15, 0.2) is 0 Å². The zero-order valence-electron chi connectivity index (χ0n) is 14.4. The molecule has 0 aliphatic carbocycles. The van der Waals surface area contributed by atoms with Crippen molar-refractivity contribution in [3.63, 3.8) is 0 Å². The Kier molecular flexibility index (Phi) is 4.29. The fraction of sp³-hybridized carbons (Fsp3) is 0. The SMILES string of the molecule is Brc1ccc(-c2ccc(-n3c4ccccc4c4cc(I)ccc43)cc2)cc1. The first kappa shape index (κ1) is 17.0. The molecule has 0 fully saturated rings. The molecule has 0 amide bonds. The Hall–Kier alpha value is -2.11. The summed E-state index contributed by atoms with van der Waals surface area (Å²) in [6, 6.07) is 32.6. The van der Waals surface area contributed by atoms with Crippen molar-refractivity contribution >= 4 is 60.3 Å². The van der Waals surface area contributed by atoms with Crippen LogP contribution >= 0.6 is 38.5 Å². The van der Waals surface area contributed by atoms with Crippen LogP contribution in [0.25, 0.3) is 38.6 Å². The average molecular weight is 524 g/mol. The predicted octanol–water partition coefficient (Wildman–Crippen LogP) is 7.82. The van der Waals surface area contributed by atoms with Gasteiger partial charge in [-0.2, -0.15) is 0 Å². The normalized spacial score (nSPS) is 11.3. The number of rotatable bonds is 2. The molecule has 0 N–H and O–H groups in total. The number of hydrogen-bond donors (Lipinski definition) is 0. The maximum Gasteiger partial charge on any atom is 0.0541 e. The minimum absolute atomic E-state index is 1.10. The third-order valence-electron chi connectivity index (χ3n) is 4.94. The van der Waals surface area contributed by atoms with Gasteiger partial charge >= 0.3 is 0 Å². The molecule has 0 spiro atoms. The van der Waals surface area contributed by atoms with Gasteiger partial charge in [-0.15, -0.1) is 0 Å². The van der Waals surface area contributed by atoms with Gasteiger partial charge in [-0.05, 0) is 82.2 Å². The first-order chi connectivity index (χ1) is 13.2. The van der Waals surface area contributed by atoms with E-state index in [1.807, 2.05) is 0 Å². The molecule has 4 aromatic carbocycles. The summed E-state index contributed by atoms with van der Waals surface area (Å²) in [7, 11) is 0. The Morgan fingerprint density at radius 2 is 1.26 bits per heavy atom. The van der Waals surface area contributed by atoms with E-state index in [9.17, 15) is 0 Å². The van der Waals surface area contributed by atoms with E-state index in [0.717, 1.165) is 4.47 Å². The van der Waals surface area contributed by atoms with Crippen LogP contribution in [0.4, 0.5) is 0 Å². The molecule has 0 atom stereocenters. The zero-order valence-corrected chi connectivity index (χ0v) is 18.1. The molecule has 27 heavy (non-hydrogen) atoms. The summed E-state index contributed by atoms with van der Waals surface area (Å²) in [6.45, 7) is 0. The lowest BCUT2D eigenvalue weighted by atomic mass is 10.1. The third-order valence-corrected chi connectivity index (χ3v) is 6.14. The molecule has 0 unspecified atom stereocenters. The highest BCUT2D eigenvalue weighted by Crippen LogP contribution is 2.33. The van der Waals surface area contributed by atoms with Gasteiger partial charge in [0.25, 0.3) is 0 Å². The predicted molar refractivity (Wildman–Crippen MR) is 127 cm³/mol. The highest BCUT2D eigenvalue weighted by molar-refractivity contribution is 14.1. The molecule has 1 aromatic heterocycles. The second-order valence-electron chi connectivity index (χ2n) is 6.57. The van der Waals surface area contributed by atoms with Crippen LogP contribution in [0.3, 0.4) is 0 Å². The van der Waals surface area contributed by atoms with Gasteiger partial charge in [0.1, 0.15) is 0 Å². The van der Waals surface area contributed by atoms with E-state index in [0.29, 0.717) is 0 Å². The van der Waals surface area contributed by atoms with Crippen molar-refractivity contribution in [1.82, 2.24) is 4.57 Å². The van der Waals surface area contributed by atoms with E-state index >= 15 is 0 Å². The molecular weight excluding hydrogens is 509 g/mol. The van der Waals surface area contributed by atoms with Gasteiger partial charge in [-0.25, -0.2) is 0 Å². The first-order valence-electron chi connectivity index (χ1n) is 8.76. The molecule has 1 nitrogen and oxygen atoms in total. The highest BCUT2D eigenvalue weighted by atomic mass is 127. The summed E-state index contributed by atoms with van der Waals surface area (Å²) in [6.07, 6.45) is 0. The standard InChI is InChI=1S/C24H15BrIN/c25-18-9-5-16(6-10-18)17-7-12-20(13-8-17)27-23-4-2-1-3-21(23)22-15-19(26)11-14-24(22)27/h1-15H. The molecule has 5 aromatic rings. The van der Waals surface area contributed by atoms with Crippen LogP contribution in [0.15, 0.2) is 95.5 Å². The number of fused-ring (bicyclic) bond motifs is 3. The maximum atomic E-state index is 3.50.